The second-order valence-corrected chi connectivity index (χ2v) is 6.73. The van der Waals surface area contributed by atoms with Crippen LogP contribution in [-0.2, 0) is 4.79 Å². The second-order valence-electron chi connectivity index (χ2n) is 6.73. The highest BCUT2D eigenvalue weighted by Gasteiger charge is 2.41. The molecule has 0 aromatic carbocycles. The summed E-state index contributed by atoms with van der Waals surface area (Å²) in [6, 6.07) is 0.459. The molecule has 2 saturated heterocycles. The van der Waals surface area contributed by atoms with Gasteiger partial charge in [0.05, 0.1) is 0 Å². The van der Waals surface area contributed by atoms with Crippen molar-refractivity contribution >= 4 is 5.91 Å². The zero-order valence-electron chi connectivity index (χ0n) is 11.6. The standard InChI is InChI=1S/C14H26N2O/c1-10(14(2,3)4)13(17)16-8-6-11-5-7-15-9-12(11)16/h10-12,15H,5-9H2,1-4H3/t10?,11-,12-/m0/s1. The van der Waals surface area contributed by atoms with Crippen LogP contribution in [0.3, 0.4) is 0 Å². The zero-order valence-corrected chi connectivity index (χ0v) is 11.6. The Morgan fingerprint density at radius 2 is 2.06 bits per heavy atom. The molecule has 2 aliphatic heterocycles. The molecule has 2 heterocycles. The number of carbonyl (C=O) groups is 1. The Kier molecular flexibility index (Phi) is 3.48. The molecule has 0 spiro atoms. The summed E-state index contributed by atoms with van der Waals surface area (Å²) in [6.07, 6.45) is 2.44. The van der Waals surface area contributed by atoms with E-state index in [0.29, 0.717) is 11.9 Å². The molecular formula is C14H26N2O. The quantitative estimate of drug-likeness (QED) is 0.756. The fourth-order valence-corrected chi connectivity index (χ4v) is 2.96. The van der Waals surface area contributed by atoms with Crippen LogP contribution >= 0.6 is 0 Å². The van der Waals surface area contributed by atoms with Crippen molar-refractivity contribution in [3.05, 3.63) is 0 Å². The van der Waals surface area contributed by atoms with Gasteiger partial charge >= 0.3 is 0 Å². The van der Waals surface area contributed by atoms with Gasteiger partial charge in [-0.05, 0) is 30.7 Å². The van der Waals surface area contributed by atoms with Gasteiger partial charge in [0.25, 0.3) is 0 Å². The molecule has 1 amide bonds. The van der Waals surface area contributed by atoms with E-state index in [4.69, 9.17) is 0 Å². The predicted molar refractivity (Wildman–Crippen MR) is 69.7 cm³/mol. The number of amides is 1. The lowest BCUT2D eigenvalue weighted by Gasteiger charge is -2.36. The first-order valence-electron chi connectivity index (χ1n) is 6.92. The van der Waals surface area contributed by atoms with Crippen LogP contribution in [0.25, 0.3) is 0 Å². The van der Waals surface area contributed by atoms with Crippen molar-refractivity contribution in [1.29, 1.82) is 0 Å². The minimum Gasteiger partial charge on any atom is -0.338 e. The number of rotatable bonds is 1. The molecule has 0 aliphatic carbocycles. The average molecular weight is 238 g/mol. The molecule has 0 radical (unpaired) electrons. The van der Waals surface area contributed by atoms with Gasteiger partial charge in [0.1, 0.15) is 0 Å². The highest BCUT2D eigenvalue weighted by atomic mass is 16.2. The first-order valence-corrected chi connectivity index (χ1v) is 6.92. The Hall–Kier alpha value is -0.570. The van der Waals surface area contributed by atoms with Gasteiger partial charge in [0.15, 0.2) is 0 Å². The van der Waals surface area contributed by atoms with Gasteiger partial charge in [-0.3, -0.25) is 4.79 Å². The number of carbonyl (C=O) groups excluding carboxylic acids is 1. The molecule has 2 aliphatic rings. The summed E-state index contributed by atoms with van der Waals surface area (Å²) in [5.74, 6) is 1.21. The maximum Gasteiger partial charge on any atom is 0.226 e. The van der Waals surface area contributed by atoms with Crippen molar-refractivity contribution in [2.75, 3.05) is 19.6 Å². The first-order chi connectivity index (χ1) is 7.91. The van der Waals surface area contributed by atoms with E-state index in [1.807, 2.05) is 0 Å². The number of piperidine rings is 1. The number of nitrogens with zero attached hydrogens (tertiary/aromatic N) is 1. The molecule has 3 heteroatoms. The molecule has 3 atom stereocenters. The molecule has 0 saturated carbocycles. The lowest BCUT2D eigenvalue weighted by Crippen LogP contribution is -2.50. The second kappa shape index (κ2) is 4.60. The van der Waals surface area contributed by atoms with E-state index < -0.39 is 0 Å². The molecular weight excluding hydrogens is 212 g/mol. The Bertz CT molecular complexity index is 295. The summed E-state index contributed by atoms with van der Waals surface area (Å²) >= 11 is 0. The SMILES string of the molecule is CC(C(=O)N1CC[C@@H]2CCNC[C@@H]21)C(C)(C)C. The molecule has 1 unspecified atom stereocenters. The third-order valence-electron chi connectivity index (χ3n) is 4.68. The van der Waals surface area contributed by atoms with Gasteiger partial charge in [-0.1, -0.05) is 27.7 Å². The minimum absolute atomic E-state index is 0.0667. The Morgan fingerprint density at radius 3 is 2.71 bits per heavy atom. The van der Waals surface area contributed by atoms with Crippen molar-refractivity contribution in [2.24, 2.45) is 17.3 Å². The molecule has 3 nitrogen and oxygen atoms in total. The Morgan fingerprint density at radius 1 is 1.35 bits per heavy atom. The first kappa shape index (κ1) is 12.9. The smallest absolute Gasteiger partial charge is 0.226 e. The summed E-state index contributed by atoms with van der Waals surface area (Å²) < 4.78 is 0. The van der Waals surface area contributed by atoms with Crippen LogP contribution < -0.4 is 5.32 Å². The van der Waals surface area contributed by atoms with Crippen LogP contribution in [0.15, 0.2) is 0 Å². The van der Waals surface area contributed by atoms with Gasteiger partial charge in [0.2, 0.25) is 5.91 Å². The van der Waals surface area contributed by atoms with Gasteiger partial charge in [-0.25, -0.2) is 0 Å². The molecule has 0 aromatic heterocycles. The average Bonchev–Trinajstić information content (AvgIpc) is 2.69. The zero-order chi connectivity index (χ0) is 12.6. The van der Waals surface area contributed by atoms with Gasteiger partial charge < -0.3 is 10.2 Å². The van der Waals surface area contributed by atoms with Crippen molar-refractivity contribution < 1.29 is 4.79 Å². The summed E-state index contributed by atoms with van der Waals surface area (Å²) in [6.45, 7) is 11.6. The molecule has 0 aromatic rings. The van der Waals surface area contributed by atoms with Crippen LogP contribution in [0.2, 0.25) is 0 Å². The summed E-state index contributed by atoms with van der Waals surface area (Å²) in [7, 11) is 0. The van der Waals surface area contributed by atoms with Crippen LogP contribution in [0.1, 0.15) is 40.5 Å². The van der Waals surface area contributed by atoms with Gasteiger partial charge in [0, 0.05) is 25.0 Å². The van der Waals surface area contributed by atoms with Crippen molar-refractivity contribution in [3.8, 4) is 0 Å². The molecule has 2 rings (SSSR count). The van der Waals surface area contributed by atoms with E-state index in [-0.39, 0.29) is 11.3 Å². The molecule has 98 valence electrons. The minimum atomic E-state index is 0.0667. The summed E-state index contributed by atoms with van der Waals surface area (Å²) in [5.41, 5.74) is 0.0667. The highest BCUT2D eigenvalue weighted by Crippen LogP contribution is 2.33. The number of fused-ring (bicyclic) bond motifs is 1. The van der Waals surface area contributed by atoms with E-state index in [1.165, 1.54) is 12.8 Å². The monoisotopic (exact) mass is 238 g/mol. The normalized spacial score (nSPS) is 31.2. The number of nitrogens with one attached hydrogen (secondary N) is 1. The molecule has 2 fully saturated rings. The van der Waals surface area contributed by atoms with E-state index >= 15 is 0 Å². The fraction of sp³-hybridized carbons (Fsp3) is 0.929. The van der Waals surface area contributed by atoms with Crippen molar-refractivity contribution in [3.63, 3.8) is 0 Å². The van der Waals surface area contributed by atoms with E-state index in [2.05, 4.69) is 37.9 Å². The number of hydrogen-bond acceptors (Lipinski definition) is 2. The Balaban J connectivity index is 2.05. The highest BCUT2D eigenvalue weighted by molar-refractivity contribution is 5.80. The maximum atomic E-state index is 12.5. The van der Waals surface area contributed by atoms with Gasteiger partial charge in [-0.2, -0.15) is 0 Å². The molecule has 0 bridgehead atoms. The van der Waals surface area contributed by atoms with Crippen LogP contribution in [-0.4, -0.2) is 36.5 Å². The molecule has 1 N–H and O–H groups in total. The lowest BCUT2D eigenvalue weighted by molar-refractivity contribution is -0.139. The number of likely N-dealkylation sites (tertiary alicyclic amines) is 1. The Labute approximate surface area is 105 Å². The number of hydrogen-bond donors (Lipinski definition) is 1. The predicted octanol–water partition coefficient (Wildman–Crippen LogP) is 1.88. The van der Waals surface area contributed by atoms with Gasteiger partial charge in [-0.15, -0.1) is 0 Å². The van der Waals surface area contributed by atoms with E-state index in [1.54, 1.807) is 0 Å². The van der Waals surface area contributed by atoms with E-state index in [9.17, 15) is 4.79 Å². The summed E-state index contributed by atoms with van der Waals surface area (Å²) in [4.78, 5) is 14.7. The third kappa shape index (κ3) is 2.49. The third-order valence-corrected chi connectivity index (χ3v) is 4.68. The van der Waals surface area contributed by atoms with Crippen molar-refractivity contribution in [1.82, 2.24) is 10.2 Å². The lowest BCUT2D eigenvalue weighted by atomic mass is 9.81. The van der Waals surface area contributed by atoms with Crippen LogP contribution in [0.4, 0.5) is 0 Å². The van der Waals surface area contributed by atoms with Crippen molar-refractivity contribution in [2.45, 2.75) is 46.6 Å². The fourth-order valence-electron chi connectivity index (χ4n) is 2.96. The molecule has 17 heavy (non-hydrogen) atoms. The largest absolute Gasteiger partial charge is 0.338 e. The van der Waals surface area contributed by atoms with Crippen LogP contribution in [0.5, 0.6) is 0 Å². The van der Waals surface area contributed by atoms with E-state index in [0.717, 1.165) is 25.6 Å². The maximum absolute atomic E-state index is 12.5. The van der Waals surface area contributed by atoms with Crippen LogP contribution in [0, 0.1) is 17.3 Å². The topological polar surface area (TPSA) is 32.3 Å². The summed E-state index contributed by atoms with van der Waals surface area (Å²) in [5, 5.41) is 3.42.